The van der Waals surface area contributed by atoms with Gasteiger partial charge in [0.15, 0.2) is 0 Å². The third kappa shape index (κ3) is 3.88. The number of phenols is 1. The molecule has 1 aliphatic rings. The van der Waals surface area contributed by atoms with E-state index in [-0.39, 0.29) is 22.6 Å². The first-order chi connectivity index (χ1) is 15.8. The third-order valence-corrected chi connectivity index (χ3v) is 5.58. The van der Waals surface area contributed by atoms with E-state index in [9.17, 15) is 19.8 Å². The molecule has 0 bridgehead atoms. The molecule has 1 heterocycles. The number of aliphatic hydroxyl groups is 1. The fourth-order valence-electron chi connectivity index (χ4n) is 3.78. The van der Waals surface area contributed by atoms with Crippen LogP contribution >= 0.6 is 11.6 Å². The van der Waals surface area contributed by atoms with Gasteiger partial charge >= 0.3 is 0 Å². The van der Waals surface area contributed by atoms with Gasteiger partial charge in [0, 0.05) is 10.7 Å². The van der Waals surface area contributed by atoms with Crippen LogP contribution in [0.4, 0.5) is 5.69 Å². The van der Waals surface area contributed by atoms with Crippen LogP contribution in [0.1, 0.15) is 22.7 Å². The Morgan fingerprint density at radius 2 is 1.73 bits per heavy atom. The molecule has 3 aromatic carbocycles. The number of amides is 1. The van der Waals surface area contributed by atoms with Crippen molar-refractivity contribution in [2.24, 2.45) is 0 Å². The van der Waals surface area contributed by atoms with Crippen LogP contribution < -0.4 is 9.64 Å². The summed E-state index contributed by atoms with van der Waals surface area (Å²) < 4.78 is 5.31. The Labute approximate surface area is 194 Å². The topological polar surface area (TPSA) is 111 Å². The van der Waals surface area contributed by atoms with Crippen molar-refractivity contribution in [2.45, 2.75) is 6.04 Å². The monoisotopic (exact) mass is 460 g/mol. The molecule has 7 nitrogen and oxygen atoms in total. The summed E-state index contributed by atoms with van der Waals surface area (Å²) in [7, 11) is 1.41. The first-order valence-electron chi connectivity index (χ1n) is 9.79. The highest BCUT2D eigenvalue weighted by Crippen LogP contribution is 2.43. The largest absolute Gasteiger partial charge is 0.508 e. The second-order valence-electron chi connectivity index (χ2n) is 7.26. The van der Waals surface area contributed by atoms with Crippen LogP contribution in [-0.2, 0) is 9.59 Å². The fourth-order valence-corrected chi connectivity index (χ4v) is 3.95. The van der Waals surface area contributed by atoms with Gasteiger partial charge in [-0.3, -0.25) is 14.5 Å². The summed E-state index contributed by atoms with van der Waals surface area (Å²) in [5.41, 5.74) is 1.24. The molecule has 1 amide bonds. The number of aromatic hydroxyl groups is 1. The highest BCUT2D eigenvalue weighted by Gasteiger charge is 2.47. The minimum Gasteiger partial charge on any atom is -0.508 e. The van der Waals surface area contributed by atoms with Gasteiger partial charge in [-0.25, -0.2) is 0 Å². The van der Waals surface area contributed by atoms with Crippen molar-refractivity contribution in [3.63, 3.8) is 0 Å². The molecule has 1 unspecified atom stereocenters. The summed E-state index contributed by atoms with van der Waals surface area (Å²) in [6.07, 6.45) is 0. The number of nitrogens with zero attached hydrogens (tertiary/aromatic N) is 2. The average Bonchev–Trinajstić information content (AvgIpc) is 3.09. The molecule has 1 aliphatic heterocycles. The lowest BCUT2D eigenvalue weighted by Crippen LogP contribution is -2.29. The molecule has 0 saturated carbocycles. The maximum absolute atomic E-state index is 13.2. The lowest BCUT2D eigenvalue weighted by Gasteiger charge is -2.25. The van der Waals surface area contributed by atoms with Gasteiger partial charge < -0.3 is 14.9 Å². The molecule has 0 radical (unpaired) electrons. The number of aliphatic hydroxyl groups excluding tert-OH is 1. The number of Topliss-reactive ketones (excluding diaryl/α,β-unsaturated/α-hetero) is 1. The number of carbonyl (C=O) groups is 2. The van der Waals surface area contributed by atoms with Gasteiger partial charge in [0.1, 0.15) is 17.3 Å². The van der Waals surface area contributed by atoms with Crippen LogP contribution in [0.2, 0.25) is 5.02 Å². The quantitative estimate of drug-likeness (QED) is 0.335. The Morgan fingerprint density at radius 3 is 2.33 bits per heavy atom. The number of phenolic OH excluding ortho intramolecular Hbond substituents is 1. The van der Waals surface area contributed by atoms with Crippen LogP contribution in [-0.4, -0.2) is 29.0 Å². The van der Waals surface area contributed by atoms with E-state index in [1.165, 1.54) is 42.3 Å². The first-order valence-corrected chi connectivity index (χ1v) is 10.2. The Hall–Kier alpha value is -4.28. The molecule has 3 aromatic rings. The van der Waals surface area contributed by atoms with Gasteiger partial charge in [0.25, 0.3) is 11.7 Å². The number of ether oxygens (including phenoxy) is 1. The molecule has 4 rings (SSSR count). The summed E-state index contributed by atoms with van der Waals surface area (Å²) >= 11 is 6.11. The molecule has 2 N–H and O–H groups in total. The minimum absolute atomic E-state index is 0.00517. The summed E-state index contributed by atoms with van der Waals surface area (Å²) in [6, 6.07) is 17.7. The predicted molar refractivity (Wildman–Crippen MR) is 122 cm³/mol. The van der Waals surface area contributed by atoms with Crippen LogP contribution in [0.15, 0.2) is 72.3 Å². The molecule has 164 valence electrons. The number of methoxy groups -OCH3 is 1. The zero-order chi connectivity index (χ0) is 23.7. The zero-order valence-electron chi connectivity index (χ0n) is 17.3. The smallest absolute Gasteiger partial charge is 0.300 e. The molecule has 0 aromatic heterocycles. The highest BCUT2D eigenvalue weighted by atomic mass is 35.5. The lowest BCUT2D eigenvalue weighted by atomic mass is 9.94. The van der Waals surface area contributed by atoms with Gasteiger partial charge in [-0.05, 0) is 60.2 Å². The normalized spacial score (nSPS) is 17.1. The van der Waals surface area contributed by atoms with Gasteiger partial charge in [-0.15, -0.1) is 0 Å². The van der Waals surface area contributed by atoms with E-state index in [1.807, 2.05) is 6.07 Å². The van der Waals surface area contributed by atoms with Gasteiger partial charge in [-0.2, -0.15) is 5.26 Å². The van der Waals surface area contributed by atoms with Crippen LogP contribution in [0, 0.1) is 11.3 Å². The Morgan fingerprint density at radius 1 is 1.06 bits per heavy atom. The molecular formula is C25H17ClN2O5. The van der Waals surface area contributed by atoms with Gasteiger partial charge in [0.05, 0.1) is 35.9 Å². The molecule has 8 heteroatoms. The number of benzene rings is 3. The molecule has 1 saturated heterocycles. The number of anilines is 1. The maximum Gasteiger partial charge on any atom is 0.300 e. The lowest BCUT2D eigenvalue weighted by molar-refractivity contribution is -0.132. The second-order valence-corrected chi connectivity index (χ2v) is 7.70. The fraction of sp³-hybridized carbons (Fsp3) is 0.0800. The van der Waals surface area contributed by atoms with Gasteiger partial charge in [-0.1, -0.05) is 23.7 Å². The van der Waals surface area contributed by atoms with Crippen molar-refractivity contribution in [2.75, 3.05) is 12.0 Å². The van der Waals surface area contributed by atoms with Gasteiger partial charge in [0.2, 0.25) is 0 Å². The minimum atomic E-state index is -0.998. The van der Waals surface area contributed by atoms with E-state index < -0.39 is 23.5 Å². The van der Waals surface area contributed by atoms with Crippen molar-refractivity contribution >= 4 is 34.7 Å². The number of nitriles is 1. The number of hydrogen-bond donors (Lipinski definition) is 2. The maximum atomic E-state index is 13.2. The summed E-state index contributed by atoms with van der Waals surface area (Å²) in [6.45, 7) is 0. The first kappa shape index (κ1) is 21.9. The second kappa shape index (κ2) is 8.69. The molecule has 1 fully saturated rings. The summed E-state index contributed by atoms with van der Waals surface area (Å²) in [5, 5.41) is 30.3. The van der Waals surface area contributed by atoms with Crippen molar-refractivity contribution < 1.29 is 24.5 Å². The van der Waals surface area contributed by atoms with Crippen LogP contribution in [0.3, 0.4) is 0 Å². The van der Waals surface area contributed by atoms with E-state index in [0.29, 0.717) is 21.8 Å². The van der Waals surface area contributed by atoms with E-state index in [4.69, 9.17) is 21.6 Å². The number of ketones is 1. The molecule has 33 heavy (non-hydrogen) atoms. The van der Waals surface area contributed by atoms with Crippen molar-refractivity contribution in [1.29, 1.82) is 5.26 Å². The highest BCUT2D eigenvalue weighted by molar-refractivity contribution is 6.51. The van der Waals surface area contributed by atoms with Crippen molar-refractivity contribution in [1.82, 2.24) is 0 Å². The summed E-state index contributed by atoms with van der Waals surface area (Å²) in [4.78, 5) is 27.6. The molecule has 0 aliphatic carbocycles. The number of carbonyl (C=O) groups excluding carboxylic acids is 2. The van der Waals surface area contributed by atoms with Crippen LogP contribution in [0.25, 0.3) is 5.76 Å². The van der Waals surface area contributed by atoms with E-state index in [0.717, 1.165) is 0 Å². The SMILES string of the molecule is COc1ccc(Cl)cc1/C(O)=C1\C(=O)C(=O)N(c2ccc(C#N)cc2)C1c1ccc(O)cc1. The Bertz CT molecular complexity index is 1320. The zero-order valence-corrected chi connectivity index (χ0v) is 18.1. The van der Waals surface area contributed by atoms with Crippen molar-refractivity contribution in [3.05, 3.63) is 94.0 Å². The number of halogens is 1. The Balaban J connectivity index is 1.97. The standard InChI is InChI=1S/C25H17ClN2O5/c1-33-20-11-6-16(26)12-19(20)23(30)21-22(15-4-9-18(29)10-5-15)28(25(32)24(21)31)17-7-2-14(13-27)3-8-17/h2-12,22,29-30H,1H3/b23-21+. The van der Waals surface area contributed by atoms with E-state index in [2.05, 4.69) is 0 Å². The Kier molecular flexibility index (Phi) is 5.78. The average molecular weight is 461 g/mol. The molecule has 0 spiro atoms. The van der Waals surface area contributed by atoms with E-state index in [1.54, 1.807) is 36.4 Å². The van der Waals surface area contributed by atoms with Crippen molar-refractivity contribution in [3.8, 4) is 17.6 Å². The van der Waals surface area contributed by atoms with E-state index >= 15 is 0 Å². The number of hydrogen-bond acceptors (Lipinski definition) is 6. The van der Waals surface area contributed by atoms with Crippen LogP contribution in [0.5, 0.6) is 11.5 Å². The third-order valence-electron chi connectivity index (χ3n) is 5.34. The predicted octanol–water partition coefficient (Wildman–Crippen LogP) is 4.55. The summed E-state index contributed by atoms with van der Waals surface area (Å²) in [5.74, 6) is -1.91. The number of rotatable bonds is 4. The molecule has 1 atom stereocenters. The molecular weight excluding hydrogens is 444 g/mol.